The summed E-state index contributed by atoms with van der Waals surface area (Å²) in [4.78, 5) is 14.7. The van der Waals surface area contributed by atoms with E-state index in [2.05, 4.69) is 25.6 Å². The number of nitrogens with one attached hydrogen (secondary N) is 1. The predicted octanol–water partition coefficient (Wildman–Crippen LogP) is 1.00. The molecule has 104 valence electrons. The third-order valence-electron chi connectivity index (χ3n) is 2.25. The highest BCUT2D eigenvalue weighted by atomic mass is 32.2. The van der Waals surface area contributed by atoms with Crippen molar-refractivity contribution in [3.8, 4) is 6.07 Å². The number of aliphatic imine (C=N–C) groups is 1. The number of nitriles is 1. The number of allylic oxidation sites excluding steroid dienone is 1. The van der Waals surface area contributed by atoms with Gasteiger partial charge in [0, 0.05) is 6.08 Å². The van der Waals surface area contributed by atoms with Crippen molar-refractivity contribution < 1.29 is 18.0 Å². The zero-order valence-electron chi connectivity index (χ0n) is 9.55. The molecule has 1 aromatic rings. The third-order valence-corrected chi connectivity index (χ3v) is 3.28. The van der Waals surface area contributed by atoms with Gasteiger partial charge in [0.2, 0.25) is 0 Å². The molecule has 1 aliphatic heterocycles. The van der Waals surface area contributed by atoms with E-state index in [1.54, 1.807) is 0 Å². The number of aromatic amines is 1. The molecule has 2 heterocycles. The Morgan fingerprint density at radius 2 is 2.25 bits per heavy atom. The summed E-state index contributed by atoms with van der Waals surface area (Å²) >= 11 is 0.792. The normalized spacial score (nSPS) is 19.3. The monoisotopic (exact) mass is 302 g/mol. The molecule has 0 saturated carbocycles. The molecule has 0 aliphatic carbocycles. The Balaban J connectivity index is 2.20. The molecule has 1 atom stereocenters. The van der Waals surface area contributed by atoms with Crippen LogP contribution in [0.2, 0.25) is 0 Å². The molecule has 11 heteroatoms. The molecule has 20 heavy (non-hydrogen) atoms. The molecule has 0 fully saturated rings. The summed E-state index contributed by atoms with van der Waals surface area (Å²) in [6, 6.07) is 1.50. The number of amides is 1. The fraction of sp³-hybridized carbons (Fsp3) is 0.333. The smallest absolute Gasteiger partial charge is 0.267 e. The number of carbonyl (C=O) groups excluding carboxylic acids is 1. The lowest BCUT2D eigenvalue weighted by atomic mass is 9.98. The summed E-state index contributed by atoms with van der Waals surface area (Å²) in [5.41, 5.74) is -1.21. The van der Waals surface area contributed by atoms with Crippen LogP contribution < -0.4 is 0 Å². The minimum Gasteiger partial charge on any atom is -0.267 e. The van der Waals surface area contributed by atoms with E-state index in [1.807, 2.05) is 0 Å². The number of carbonyl (C=O) groups is 1. The molecule has 0 saturated heterocycles. The molecule has 0 bridgehead atoms. The highest BCUT2D eigenvalue weighted by molar-refractivity contribution is 8.13. The molecule has 1 aromatic heterocycles. The van der Waals surface area contributed by atoms with Gasteiger partial charge in [0.1, 0.15) is 5.92 Å². The highest BCUT2D eigenvalue weighted by Gasteiger charge is 2.43. The first-order valence-corrected chi connectivity index (χ1v) is 6.06. The van der Waals surface area contributed by atoms with Crippen LogP contribution in [0, 0.1) is 17.2 Å². The average molecular weight is 302 g/mol. The molecule has 7 nitrogen and oxygen atoms in total. The average Bonchev–Trinajstić information content (AvgIpc) is 2.87. The SMILES string of the molecule is N#CC1C(C(F)(F)F)=CC(=O)N=C1SCc1nn[nH]n1. The van der Waals surface area contributed by atoms with Crippen LogP contribution in [0.15, 0.2) is 16.6 Å². The van der Waals surface area contributed by atoms with Gasteiger partial charge in [-0.2, -0.15) is 23.6 Å². The number of aromatic nitrogens is 4. The van der Waals surface area contributed by atoms with Gasteiger partial charge in [-0.1, -0.05) is 5.21 Å². The Kier molecular flexibility index (Phi) is 3.84. The second kappa shape index (κ2) is 5.41. The van der Waals surface area contributed by atoms with Crippen LogP contribution in [-0.4, -0.2) is 37.8 Å². The summed E-state index contributed by atoms with van der Waals surface area (Å²) in [6.45, 7) is 0. The minimum absolute atomic E-state index is 0.0476. The van der Waals surface area contributed by atoms with Crippen molar-refractivity contribution in [3.05, 3.63) is 17.5 Å². The van der Waals surface area contributed by atoms with Crippen molar-refractivity contribution in [2.75, 3.05) is 0 Å². The van der Waals surface area contributed by atoms with E-state index in [1.165, 1.54) is 6.07 Å². The highest BCUT2D eigenvalue weighted by Crippen LogP contribution is 2.36. The number of halogens is 3. The fourth-order valence-electron chi connectivity index (χ4n) is 1.42. The van der Waals surface area contributed by atoms with E-state index in [9.17, 15) is 18.0 Å². The number of dihydropyridines is 1. The largest absolute Gasteiger partial charge is 0.414 e. The second-order valence-electron chi connectivity index (χ2n) is 3.56. The number of rotatable bonds is 2. The van der Waals surface area contributed by atoms with Crippen LogP contribution in [-0.2, 0) is 10.5 Å². The fourth-order valence-corrected chi connectivity index (χ4v) is 2.32. The molecular weight excluding hydrogens is 297 g/mol. The maximum absolute atomic E-state index is 12.8. The molecule has 0 radical (unpaired) electrons. The Morgan fingerprint density at radius 1 is 1.50 bits per heavy atom. The van der Waals surface area contributed by atoms with E-state index in [-0.39, 0.29) is 16.6 Å². The van der Waals surface area contributed by atoms with Gasteiger partial charge in [-0.05, 0) is 0 Å². The Labute approximate surface area is 113 Å². The molecule has 0 aromatic carbocycles. The van der Waals surface area contributed by atoms with Gasteiger partial charge in [-0.15, -0.1) is 22.0 Å². The number of H-pyrrole nitrogens is 1. The number of tetrazole rings is 1. The Morgan fingerprint density at radius 3 is 2.80 bits per heavy atom. The predicted molar refractivity (Wildman–Crippen MR) is 61.2 cm³/mol. The van der Waals surface area contributed by atoms with Crippen molar-refractivity contribution >= 4 is 22.7 Å². The lowest BCUT2D eigenvalue weighted by molar-refractivity contribution is -0.116. The number of nitrogens with zero attached hydrogens (tertiary/aromatic N) is 5. The molecule has 1 amide bonds. The Bertz CT molecular complexity index is 615. The zero-order chi connectivity index (χ0) is 14.8. The Hall–Kier alpha value is -2.22. The van der Waals surface area contributed by atoms with Crippen LogP contribution >= 0.6 is 11.8 Å². The quantitative estimate of drug-likeness (QED) is 0.873. The molecule has 1 unspecified atom stereocenters. The van der Waals surface area contributed by atoms with Crippen molar-refractivity contribution in [1.29, 1.82) is 5.26 Å². The minimum atomic E-state index is -4.76. The van der Waals surface area contributed by atoms with E-state index in [4.69, 9.17) is 5.26 Å². The first kappa shape index (κ1) is 14.2. The van der Waals surface area contributed by atoms with Gasteiger partial charge in [0.15, 0.2) is 5.82 Å². The van der Waals surface area contributed by atoms with Gasteiger partial charge in [0.25, 0.3) is 5.91 Å². The molecular formula is C9H5F3N6OS. The molecule has 1 aliphatic rings. The number of thioether (sulfide) groups is 1. The maximum atomic E-state index is 12.8. The maximum Gasteiger partial charge on any atom is 0.414 e. The summed E-state index contributed by atoms with van der Waals surface area (Å²) in [7, 11) is 0. The molecule has 1 N–H and O–H groups in total. The van der Waals surface area contributed by atoms with Gasteiger partial charge in [0.05, 0.1) is 22.4 Å². The van der Waals surface area contributed by atoms with Crippen LogP contribution in [0.25, 0.3) is 0 Å². The summed E-state index contributed by atoms with van der Waals surface area (Å²) in [5, 5.41) is 21.3. The van der Waals surface area contributed by atoms with Crippen LogP contribution in [0.5, 0.6) is 0 Å². The first-order valence-electron chi connectivity index (χ1n) is 5.08. The first-order chi connectivity index (χ1) is 9.41. The number of alkyl halides is 3. The molecule has 2 rings (SSSR count). The summed E-state index contributed by atoms with van der Waals surface area (Å²) < 4.78 is 38.3. The van der Waals surface area contributed by atoms with E-state index in [0.717, 1.165) is 11.8 Å². The topological polar surface area (TPSA) is 108 Å². The lowest BCUT2D eigenvalue weighted by Gasteiger charge is -2.20. The van der Waals surface area contributed by atoms with E-state index >= 15 is 0 Å². The summed E-state index contributed by atoms with van der Waals surface area (Å²) in [6.07, 6.45) is -4.42. The van der Waals surface area contributed by atoms with Gasteiger partial charge < -0.3 is 0 Å². The van der Waals surface area contributed by atoms with E-state index < -0.39 is 23.6 Å². The second-order valence-corrected chi connectivity index (χ2v) is 4.56. The third kappa shape index (κ3) is 3.02. The number of hydrogen-bond acceptors (Lipinski definition) is 6. The standard InChI is InChI=1S/C9H5F3N6OS/c10-9(11,12)5-1-7(19)14-8(4(5)2-13)20-3-6-15-17-18-16-6/h1,4H,3H2,(H,15,16,17,18). The van der Waals surface area contributed by atoms with Crippen molar-refractivity contribution in [3.63, 3.8) is 0 Å². The van der Waals surface area contributed by atoms with Gasteiger partial charge >= 0.3 is 6.18 Å². The number of hydrogen-bond donors (Lipinski definition) is 1. The summed E-state index contributed by atoms with van der Waals surface area (Å²) in [5.74, 6) is -2.39. The van der Waals surface area contributed by atoms with Crippen LogP contribution in [0.3, 0.4) is 0 Å². The van der Waals surface area contributed by atoms with Crippen LogP contribution in [0.1, 0.15) is 5.82 Å². The van der Waals surface area contributed by atoms with Crippen molar-refractivity contribution in [1.82, 2.24) is 20.6 Å². The zero-order valence-corrected chi connectivity index (χ0v) is 10.4. The van der Waals surface area contributed by atoms with Gasteiger partial charge in [-0.3, -0.25) is 4.79 Å². The lowest BCUT2D eigenvalue weighted by Crippen LogP contribution is -2.28. The van der Waals surface area contributed by atoms with Crippen molar-refractivity contribution in [2.45, 2.75) is 11.9 Å². The van der Waals surface area contributed by atoms with Crippen LogP contribution in [0.4, 0.5) is 13.2 Å². The molecule has 0 spiro atoms. The van der Waals surface area contributed by atoms with E-state index in [0.29, 0.717) is 6.08 Å². The van der Waals surface area contributed by atoms with Crippen molar-refractivity contribution in [2.24, 2.45) is 10.9 Å². The van der Waals surface area contributed by atoms with Gasteiger partial charge in [-0.25, -0.2) is 4.99 Å².